The Bertz CT molecular complexity index is 718. The lowest BCUT2D eigenvalue weighted by Gasteiger charge is -2.39. The number of rotatable bonds is 5. The average molecular weight is 391 g/mol. The van der Waals surface area contributed by atoms with Crippen LogP contribution < -0.4 is 5.48 Å². The largest absolute Gasteiger partial charge is 0.444 e. The number of piperidine rings is 1. The average Bonchev–Trinajstić information content (AvgIpc) is 3.15. The Morgan fingerprint density at radius 1 is 1.30 bits per heavy atom. The molecule has 1 aliphatic rings. The molecular weight excluding hydrogens is 364 g/mol. The third kappa shape index (κ3) is 5.72. The minimum Gasteiger partial charge on any atom is -0.444 e. The Morgan fingerprint density at radius 2 is 2.07 bits per heavy atom. The fraction of sp³-hybridized carbons (Fsp3) is 0.526. The van der Waals surface area contributed by atoms with Crippen LogP contribution in [0.25, 0.3) is 0 Å². The molecule has 0 saturated carbocycles. The molecule has 2 aromatic rings. The zero-order chi connectivity index (χ0) is 19.3. The van der Waals surface area contributed by atoms with Crippen molar-refractivity contribution in [2.45, 2.75) is 57.9 Å². The highest BCUT2D eigenvalue weighted by molar-refractivity contribution is 7.05. The van der Waals surface area contributed by atoms with Crippen molar-refractivity contribution in [1.82, 2.24) is 19.7 Å². The van der Waals surface area contributed by atoms with Gasteiger partial charge in [0.1, 0.15) is 16.9 Å². The molecule has 1 fully saturated rings. The number of likely N-dealkylation sites (tertiary alicyclic amines) is 1. The van der Waals surface area contributed by atoms with Gasteiger partial charge >= 0.3 is 6.09 Å². The van der Waals surface area contributed by atoms with E-state index in [0.29, 0.717) is 13.2 Å². The van der Waals surface area contributed by atoms with Crippen molar-refractivity contribution in [3.8, 4) is 0 Å². The number of hydroxylamine groups is 1. The highest BCUT2D eigenvalue weighted by atomic mass is 32.1. The van der Waals surface area contributed by atoms with E-state index >= 15 is 0 Å². The number of aromatic nitrogens is 2. The van der Waals surface area contributed by atoms with Gasteiger partial charge in [-0.25, -0.2) is 9.78 Å². The number of carbonyl (C=O) groups excluding carboxylic acids is 1. The Labute approximate surface area is 163 Å². The number of nitrogens with one attached hydrogen (secondary N) is 1. The van der Waals surface area contributed by atoms with Crippen LogP contribution in [0.5, 0.6) is 0 Å². The Morgan fingerprint density at radius 3 is 2.74 bits per heavy atom. The van der Waals surface area contributed by atoms with Crippen LogP contribution in [0.3, 0.4) is 0 Å². The molecule has 27 heavy (non-hydrogen) atoms. The Balaban J connectivity index is 1.61. The van der Waals surface area contributed by atoms with Crippen LogP contribution in [0.1, 0.15) is 50.2 Å². The first kappa shape index (κ1) is 19.7. The summed E-state index contributed by atoms with van der Waals surface area (Å²) in [5, 5.41) is 0.838. The molecule has 1 N–H and O–H groups in total. The summed E-state index contributed by atoms with van der Waals surface area (Å²) >= 11 is 1.32. The van der Waals surface area contributed by atoms with E-state index in [1.807, 2.05) is 51.1 Å². The molecule has 1 saturated heterocycles. The van der Waals surface area contributed by atoms with Crippen molar-refractivity contribution in [2.75, 3.05) is 6.54 Å². The van der Waals surface area contributed by atoms with E-state index in [-0.39, 0.29) is 18.2 Å². The normalized spacial score (nSPS) is 20.5. The summed E-state index contributed by atoms with van der Waals surface area (Å²) in [5.74, 6) is 0. The maximum absolute atomic E-state index is 12.8. The molecule has 0 radical (unpaired) electrons. The first-order chi connectivity index (χ1) is 12.9. The highest BCUT2D eigenvalue weighted by Crippen LogP contribution is 2.32. The predicted octanol–water partition coefficient (Wildman–Crippen LogP) is 3.70. The van der Waals surface area contributed by atoms with Crippen molar-refractivity contribution in [3.63, 3.8) is 0 Å². The number of ether oxygens (including phenoxy) is 1. The molecular formula is C19H26N4O3S. The van der Waals surface area contributed by atoms with Crippen molar-refractivity contribution >= 4 is 17.6 Å². The summed E-state index contributed by atoms with van der Waals surface area (Å²) in [6, 6.07) is 9.89. The monoisotopic (exact) mass is 390 g/mol. The summed E-state index contributed by atoms with van der Waals surface area (Å²) in [6.07, 6.45) is 2.84. The van der Waals surface area contributed by atoms with Gasteiger partial charge in [-0.05, 0) is 50.7 Å². The quantitative estimate of drug-likeness (QED) is 0.785. The molecule has 1 aromatic carbocycles. The van der Waals surface area contributed by atoms with Crippen LogP contribution in [0.15, 0.2) is 36.7 Å². The number of amides is 1. The smallest absolute Gasteiger partial charge is 0.410 e. The van der Waals surface area contributed by atoms with Gasteiger partial charge in [-0.2, -0.15) is 9.85 Å². The lowest BCUT2D eigenvalue weighted by Crippen LogP contribution is -2.50. The van der Waals surface area contributed by atoms with Gasteiger partial charge in [0.2, 0.25) is 0 Å². The molecule has 1 aromatic heterocycles. The van der Waals surface area contributed by atoms with Crippen LogP contribution in [0.4, 0.5) is 4.79 Å². The first-order valence-electron chi connectivity index (χ1n) is 9.10. The number of carbonyl (C=O) groups is 1. The maximum Gasteiger partial charge on any atom is 0.410 e. The van der Waals surface area contributed by atoms with Gasteiger partial charge in [0.05, 0.1) is 18.7 Å². The van der Waals surface area contributed by atoms with Crippen molar-refractivity contribution in [2.24, 2.45) is 0 Å². The van der Waals surface area contributed by atoms with Gasteiger partial charge in [0.15, 0.2) is 0 Å². The molecule has 8 heteroatoms. The van der Waals surface area contributed by atoms with E-state index in [9.17, 15) is 4.79 Å². The van der Waals surface area contributed by atoms with E-state index in [1.54, 1.807) is 4.90 Å². The molecule has 146 valence electrons. The fourth-order valence-corrected chi connectivity index (χ4v) is 3.66. The summed E-state index contributed by atoms with van der Waals surface area (Å²) in [5.41, 5.74) is 3.65. The number of hydrogen-bond acceptors (Lipinski definition) is 7. The molecule has 0 aliphatic carbocycles. The third-order valence-corrected chi connectivity index (χ3v) is 4.97. The first-order valence-corrected chi connectivity index (χ1v) is 9.87. The molecule has 0 spiro atoms. The molecule has 2 unspecified atom stereocenters. The minimum absolute atomic E-state index is 0.0328. The number of nitrogens with zero attached hydrogens (tertiary/aromatic N) is 3. The van der Waals surface area contributed by atoms with E-state index in [4.69, 9.17) is 9.57 Å². The van der Waals surface area contributed by atoms with E-state index < -0.39 is 5.60 Å². The van der Waals surface area contributed by atoms with Crippen LogP contribution in [-0.4, -0.2) is 38.5 Å². The van der Waals surface area contributed by atoms with Crippen LogP contribution in [-0.2, 0) is 16.2 Å². The summed E-state index contributed by atoms with van der Waals surface area (Å²) < 4.78 is 9.68. The van der Waals surface area contributed by atoms with Crippen LogP contribution >= 0.6 is 11.5 Å². The van der Waals surface area contributed by atoms with Gasteiger partial charge in [-0.1, -0.05) is 30.3 Å². The molecule has 7 nitrogen and oxygen atoms in total. The molecule has 2 atom stereocenters. The molecule has 1 aliphatic heterocycles. The predicted molar refractivity (Wildman–Crippen MR) is 103 cm³/mol. The topological polar surface area (TPSA) is 76.6 Å². The summed E-state index contributed by atoms with van der Waals surface area (Å²) in [7, 11) is 0. The van der Waals surface area contributed by atoms with E-state index in [1.165, 1.54) is 17.9 Å². The van der Waals surface area contributed by atoms with Crippen LogP contribution in [0.2, 0.25) is 0 Å². The Kier molecular flexibility index (Phi) is 6.41. The van der Waals surface area contributed by atoms with Gasteiger partial charge in [0.25, 0.3) is 0 Å². The number of hydrogen-bond donors (Lipinski definition) is 1. The standard InChI is InChI=1S/C19H26N4O3S/c1-19(2,3)26-18(24)23-11-15(9-10-16(23)17-20-13-21-27-17)22-25-12-14-7-5-4-6-8-14/h4-8,13,15-16,22H,9-12H2,1-3H3. The SMILES string of the molecule is CC(C)(C)OC(=O)N1CC(NOCc2ccccc2)CCC1c1ncns1. The van der Waals surface area contributed by atoms with Crippen LogP contribution in [0, 0.1) is 0 Å². The highest BCUT2D eigenvalue weighted by Gasteiger charge is 2.36. The maximum atomic E-state index is 12.8. The molecule has 0 bridgehead atoms. The molecule has 3 rings (SSSR count). The van der Waals surface area contributed by atoms with Gasteiger partial charge < -0.3 is 4.74 Å². The summed E-state index contributed by atoms with van der Waals surface area (Å²) in [4.78, 5) is 24.4. The number of benzene rings is 1. The lowest BCUT2D eigenvalue weighted by atomic mass is 9.99. The molecule has 2 heterocycles. The zero-order valence-corrected chi connectivity index (χ0v) is 16.7. The molecule has 1 amide bonds. The minimum atomic E-state index is -0.549. The second kappa shape index (κ2) is 8.77. The van der Waals surface area contributed by atoms with Crippen molar-refractivity contribution in [1.29, 1.82) is 0 Å². The van der Waals surface area contributed by atoms with E-state index in [0.717, 1.165) is 23.4 Å². The van der Waals surface area contributed by atoms with Crippen molar-refractivity contribution in [3.05, 3.63) is 47.2 Å². The van der Waals surface area contributed by atoms with Gasteiger partial charge in [-0.3, -0.25) is 9.74 Å². The third-order valence-electron chi connectivity index (χ3n) is 4.20. The zero-order valence-electron chi connectivity index (χ0n) is 15.9. The van der Waals surface area contributed by atoms with Gasteiger partial charge in [-0.15, -0.1) is 0 Å². The van der Waals surface area contributed by atoms with E-state index in [2.05, 4.69) is 14.8 Å². The summed E-state index contributed by atoms with van der Waals surface area (Å²) in [6.45, 7) is 6.58. The lowest BCUT2D eigenvalue weighted by molar-refractivity contribution is -0.0335. The second-order valence-electron chi connectivity index (χ2n) is 7.59. The van der Waals surface area contributed by atoms with Crippen molar-refractivity contribution < 1.29 is 14.4 Å². The Hall–Kier alpha value is -2.03. The fourth-order valence-electron chi connectivity index (χ4n) is 2.99. The van der Waals surface area contributed by atoms with Gasteiger partial charge in [0, 0.05) is 6.54 Å². The second-order valence-corrected chi connectivity index (χ2v) is 8.41.